The van der Waals surface area contributed by atoms with Crippen LogP contribution in [0.25, 0.3) is 11.1 Å². The standard InChI is InChI=1S/C29H30ClF3N2O6/c1-5-24(36)22-8-6-18(14-34-22)11-25(37)23(10-17(2)39-3)35-15-27(40-4)21(13-28(35)38)20-12-19(30)7-9-26(20)41-16-29(31,32)33/h6-9,12-15,17,23H,5,10-11,16H2,1-4H3/t17-,23?/m0/s1. The van der Waals surface area contributed by atoms with E-state index in [-0.39, 0.29) is 52.1 Å². The molecular formula is C29H30ClF3N2O6. The molecule has 3 rings (SSSR count). The molecule has 2 aromatic heterocycles. The normalized spacial score (nSPS) is 13.0. The predicted molar refractivity (Wildman–Crippen MR) is 147 cm³/mol. The van der Waals surface area contributed by atoms with Crippen LogP contribution < -0.4 is 15.0 Å². The van der Waals surface area contributed by atoms with Crippen LogP contribution in [-0.2, 0) is 16.0 Å². The third-order valence-corrected chi connectivity index (χ3v) is 6.60. The summed E-state index contributed by atoms with van der Waals surface area (Å²) in [6.07, 6.45) is -1.83. The van der Waals surface area contributed by atoms with Crippen molar-refractivity contribution in [3.05, 3.63) is 75.4 Å². The molecule has 0 aliphatic carbocycles. The van der Waals surface area contributed by atoms with E-state index >= 15 is 0 Å². The highest BCUT2D eigenvalue weighted by Gasteiger charge is 2.30. The van der Waals surface area contributed by atoms with E-state index in [1.807, 2.05) is 0 Å². The molecule has 0 N–H and O–H groups in total. The number of methoxy groups -OCH3 is 2. The molecule has 0 spiro atoms. The summed E-state index contributed by atoms with van der Waals surface area (Å²) in [5, 5.41) is 0.202. The highest BCUT2D eigenvalue weighted by Crippen LogP contribution is 2.38. The van der Waals surface area contributed by atoms with Crippen LogP contribution >= 0.6 is 11.6 Å². The number of aromatic nitrogens is 2. The molecule has 0 bridgehead atoms. The first-order valence-electron chi connectivity index (χ1n) is 12.7. The third kappa shape index (κ3) is 8.40. The number of ether oxygens (including phenoxy) is 3. The molecule has 1 unspecified atom stereocenters. The Morgan fingerprint density at radius 3 is 2.37 bits per heavy atom. The quantitative estimate of drug-likeness (QED) is 0.228. The van der Waals surface area contributed by atoms with E-state index in [2.05, 4.69) is 4.98 Å². The average Bonchev–Trinajstić information content (AvgIpc) is 2.94. The Labute approximate surface area is 240 Å². The SMILES string of the molecule is CCC(=O)c1ccc(CC(=O)C(C[C@H](C)OC)n2cc(OC)c(-c3cc(Cl)ccc3OCC(F)(F)F)cc2=O)cn1. The van der Waals surface area contributed by atoms with Crippen LogP contribution in [0, 0.1) is 0 Å². The molecule has 0 amide bonds. The zero-order chi connectivity index (χ0) is 30.3. The van der Waals surface area contributed by atoms with Gasteiger partial charge in [0.1, 0.15) is 17.2 Å². The summed E-state index contributed by atoms with van der Waals surface area (Å²) in [4.78, 5) is 43.0. The van der Waals surface area contributed by atoms with Crippen LogP contribution in [0.5, 0.6) is 11.5 Å². The highest BCUT2D eigenvalue weighted by molar-refractivity contribution is 6.31. The summed E-state index contributed by atoms with van der Waals surface area (Å²) >= 11 is 6.12. The minimum absolute atomic E-state index is 0.0745. The number of Topliss-reactive ketones (excluding diaryl/α,β-unsaturated/α-hetero) is 2. The number of nitrogens with zero attached hydrogens (tertiary/aromatic N) is 2. The molecule has 41 heavy (non-hydrogen) atoms. The van der Waals surface area contributed by atoms with Crippen molar-refractivity contribution in [2.75, 3.05) is 20.8 Å². The average molecular weight is 595 g/mol. The van der Waals surface area contributed by atoms with E-state index in [0.29, 0.717) is 17.7 Å². The summed E-state index contributed by atoms with van der Waals surface area (Å²) in [6, 6.07) is 7.38. The number of carbonyl (C=O) groups is 2. The Balaban J connectivity index is 2.03. The molecule has 12 heteroatoms. The van der Waals surface area contributed by atoms with Gasteiger partial charge in [-0.15, -0.1) is 0 Å². The van der Waals surface area contributed by atoms with Gasteiger partial charge in [0.25, 0.3) is 5.56 Å². The van der Waals surface area contributed by atoms with Gasteiger partial charge >= 0.3 is 6.18 Å². The highest BCUT2D eigenvalue weighted by atomic mass is 35.5. The summed E-state index contributed by atoms with van der Waals surface area (Å²) in [5.41, 5.74) is 0.499. The molecule has 0 saturated carbocycles. The van der Waals surface area contributed by atoms with Gasteiger partial charge < -0.3 is 18.8 Å². The molecule has 2 heterocycles. The topological polar surface area (TPSA) is 96.7 Å². The smallest absolute Gasteiger partial charge is 0.422 e. The predicted octanol–water partition coefficient (Wildman–Crippen LogP) is 5.88. The number of carbonyl (C=O) groups excluding carboxylic acids is 2. The Bertz CT molecular complexity index is 1440. The fourth-order valence-electron chi connectivity index (χ4n) is 4.15. The molecule has 1 aromatic carbocycles. The van der Waals surface area contributed by atoms with Gasteiger partial charge in [0.15, 0.2) is 18.2 Å². The van der Waals surface area contributed by atoms with Crippen molar-refractivity contribution in [1.82, 2.24) is 9.55 Å². The first-order valence-corrected chi connectivity index (χ1v) is 13.1. The number of rotatable bonds is 13. The Morgan fingerprint density at radius 1 is 1.07 bits per heavy atom. The lowest BCUT2D eigenvalue weighted by Crippen LogP contribution is -2.33. The number of pyridine rings is 2. The lowest BCUT2D eigenvalue weighted by atomic mass is 9.98. The van der Waals surface area contributed by atoms with Gasteiger partial charge in [0.05, 0.1) is 25.5 Å². The number of benzene rings is 1. The Kier molecular flexibility index (Phi) is 10.7. The number of halogens is 4. The first-order chi connectivity index (χ1) is 19.4. The third-order valence-electron chi connectivity index (χ3n) is 6.36. The van der Waals surface area contributed by atoms with Crippen LogP contribution in [0.15, 0.2) is 53.6 Å². The van der Waals surface area contributed by atoms with E-state index in [1.165, 1.54) is 49.4 Å². The van der Waals surface area contributed by atoms with Crippen molar-refractivity contribution in [2.24, 2.45) is 0 Å². The molecule has 0 radical (unpaired) electrons. The Morgan fingerprint density at radius 2 is 1.78 bits per heavy atom. The zero-order valence-electron chi connectivity index (χ0n) is 23.0. The minimum Gasteiger partial charge on any atom is -0.495 e. The molecule has 0 fully saturated rings. The number of hydrogen-bond donors (Lipinski definition) is 0. The summed E-state index contributed by atoms with van der Waals surface area (Å²) < 4.78 is 55.6. The van der Waals surface area contributed by atoms with E-state index in [4.69, 9.17) is 25.8 Å². The van der Waals surface area contributed by atoms with Crippen LogP contribution in [0.2, 0.25) is 5.02 Å². The van der Waals surface area contributed by atoms with Crippen molar-refractivity contribution in [1.29, 1.82) is 0 Å². The monoisotopic (exact) mass is 594 g/mol. The fourth-order valence-corrected chi connectivity index (χ4v) is 4.32. The van der Waals surface area contributed by atoms with Gasteiger partial charge in [0.2, 0.25) is 0 Å². The molecule has 0 aliphatic heterocycles. The molecule has 0 saturated heterocycles. The van der Waals surface area contributed by atoms with Gasteiger partial charge in [-0.3, -0.25) is 19.4 Å². The second-order valence-electron chi connectivity index (χ2n) is 9.31. The summed E-state index contributed by atoms with van der Waals surface area (Å²) in [5.74, 6) is -0.491. The van der Waals surface area contributed by atoms with Crippen molar-refractivity contribution >= 4 is 23.2 Å². The molecule has 3 aromatic rings. The number of alkyl halides is 3. The van der Waals surface area contributed by atoms with Gasteiger partial charge in [-0.25, -0.2) is 0 Å². The summed E-state index contributed by atoms with van der Waals surface area (Å²) in [6.45, 7) is 1.93. The van der Waals surface area contributed by atoms with E-state index in [0.717, 1.165) is 6.07 Å². The van der Waals surface area contributed by atoms with Gasteiger partial charge in [-0.05, 0) is 36.8 Å². The Hall–Kier alpha value is -3.70. The maximum Gasteiger partial charge on any atom is 0.422 e. The second-order valence-corrected chi connectivity index (χ2v) is 9.75. The van der Waals surface area contributed by atoms with Crippen LogP contribution in [0.3, 0.4) is 0 Å². The van der Waals surface area contributed by atoms with Gasteiger partial charge in [-0.1, -0.05) is 24.6 Å². The maximum atomic E-state index is 13.5. The maximum absolute atomic E-state index is 13.5. The first kappa shape index (κ1) is 31.8. The molecule has 220 valence electrons. The van der Waals surface area contributed by atoms with Crippen molar-refractivity contribution < 1.29 is 37.0 Å². The fraction of sp³-hybridized carbons (Fsp3) is 0.379. The lowest BCUT2D eigenvalue weighted by molar-refractivity contribution is -0.153. The molecular weight excluding hydrogens is 565 g/mol. The van der Waals surface area contributed by atoms with Crippen molar-refractivity contribution in [3.8, 4) is 22.6 Å². The zero-order valence-corrected chi connectivity index (χ0v) is 23.7. The van der Waals surface area contributed by atoms with Crippen LogP contribution in [0.4, 0.5) is 13.2 Å². The van der Waals surface area contributed by atoms with Crippen LogP contribution in [0.1, 0.15) is 48.8 Å². The van der Waals surface area contributed by atoms with E-state index < -0.39 is 30.5 Å². The van der Waals surface area contributed by atoms with Gasteiger partial charge in [-0.2, -0.15) is 13.2 Å². The molecule has 2 atom stereocenters. The van der Waals surface area contributed by atoms with E-state index in [9.17, 15) is 27.6 Å². The lowest BCUT2D eigenvalue weighted by Gasteiger charge is -2.23. The van der Waals surface area contributed by atoms with Crippen molar-refractivity contribution in [3.63, 3.8) is 0 Å². The number of hydrogen-bond acceptors (Lipinski definition) is 7. The second kappa shape index (κ2) is 13.8. The summed E-state index contributed by atoms with van der Waals surface area (Å²) in [7, 11) is 2.81. The van der Waals surface area contributed by atoms with E-state index in [1.54, 1.807) is 26.0 Å². The molecule has 0 aliphatic rings. The van der Waals surface area contributed by atoms with Gasteiger partial charge in [0, 0.05) is 54.8 Å². The molecule has 8 nitrogen and oxygen atoms in total. The largest absolute Gasteiger partial charge is 0.495 e. The number of ketones is 2. The van der Waals surface area contributed by atoms with Crippen molar-refractivity contribution in [2.45, 2.75) is 51.4 Å². The van der Waals surface area contributed by atoms with Crippen LogP contribution in [-0.4, -0.2) is 54.2 Å². The minimum atomic E-state index is -4.59.